The monoisotopic (exact) mass is 183 g/mol. The number of nitrogens with two attached hydrogens (primary N) is 1. The molecule has 0 heterocycles. The zero-order valence-corrected chi connectivity index (χ0v) is 9.07. The predicted octanol–water partition coefficient (Wildman–Crippen LogP) is -4.24. The van der Waals surface area contributed by atoms with Gasteiger partial charge in [-0.3, -0.25) is 9.59 Å². The number of ketones is 1. The van der Waals surface area contributed by atoms with Crippen LogP contribution in [0.4, 0.5) is 0 Å². The zero-order valence-electron chi connectivity index (χ0n) is 8.07. The van der Waals surface area contributed by atoms with Gasteiger partial charge >= 0.3 is 35.5 Å². The van der Waals surface area contributed by atoms with Crippen molar-refractivity contribution in [2.75, 3.05) is 6.61 Å². The molecule has 0 rings (SSSR count). The normalized spacial score (nSPS) is 10.8. The molecule has 0 aromatic carbocycles. The number of rotatable bonds is 4. The Morgan fingerprint density at radius 2 is 2.17 bits per heavy atom. The van der Waals surface area contributed by atoms with E-state index in [9.17, 15) is 14.4 Å². The van der Waals surface area contributed by atoms with Gasteiger partial charge in [0, 0.05) is 0 Å². The van der Waals surface area contributed by atoms with Gasteiger partial charge in [0.15, 0.2) is 12.3 Å². The van der Waals surface area contributed by atoms with Crippen LogP contribution in [0, 0.1) is 0 Å². The molecule has 1 unspecified atom stereocenters. The van der Waals surface area contributed by atoms with E-state index >= 15 is 0 Å². The first-order valence-corrected chi connectivity index (χ1v) is 3.04. The minimum Gasteiger partial charge on any atom is -1.00 e. The van der Waals surface area contributed by atoms with Crippen LogP contribution in [0.25, 0.3) is 0 Å². The standard InChI is InChI=1S/C6H9NO4.Na.H/c1-2-11-6(10)5(7)4(9)3-8;;/h3,5H,2,7H2,1H3;;/q;+1;-1. The van der Waals surface area contributed by atoms with Crippen LogP contribution in [-0.4, -0.2) is 30.7 Å². The minimum absolute atomic E-state index is 0. The molecule has 0 amide bonds. The van der Waals surface area contributed by atoms with Gasteiger partial charge in [0.05, 0.1) is 6.61 Å². The molecule has 12 heavy (non-hydrogen) atoms. The van der Waals surface area contributed by atoms with Gasteiger partial charge in [0.1, 0.15) is 0 Å². The number of carbonyl (C=O) groups is 3. The van der Waals surface area contributed by atoms with E-state index in [1.165, 1.54) is 0 Å². The number of esters is 1. The van der Waals surface area contributed by atoms with Crippen LogP contribution in [0.1, 0.15) is 8.35 Å². The Balaban J connectivity index is -0.000000500. The maximum absolute atomic E-state index is 10.6. The summed E-state index contributed by atoms with van der Waals surface area (Å²) in [5.41, 5.74) is 5.00. The molecule has 0 saturated heterocycles. The first-order valence-electron chi connectivity index (χ1n) is 3.04. The summed E-state index contributed by atoms with van der Waals surface area (Å²) in [6.07, 6.45) is 0.00157. The van der Waals surface area contributed by atoms with Crippen LogP contribution in [0.15, 0.2) is 0 Å². The molecule has 0 aromatic heterocycles. The van der Waals surface area contributed by atoms with Gasteiger partial charge in [-0.25, -0.2) is 4.79 Å². The van der Waals surface area contributed by atoms with Crippen LogP contribution < -0.4 is 35.3 Å². The molecule has 0 aliphatic heterocycles. The second-order valence-electron chi connectivity index (χ2n) is 1.75. The van der Waals surface area contributed by atoms with Gasteiger partial charge in [0.2, 0.25) is 5.78 Å². The van der Waals surface area contributed by atoms with Gasteiger partial charge in [-0.1, -0.05) is 0 Å². The van der Waals surface area contributed by atoms with Crippen LogP contribution in [0.3, 0.4) is 0 Å². The summed E-state index contributed by atoms with van der Waals surface area (Å²) >= 11 is 0. The van der Waals surface area contributed by atoms with Crippen molar-refractivity contribution in [3.05, 3.63) is 0 Å². The third-order valence-corrected chi connectivity index (χ3v) is 0.963. The summed E-state index contributed by atoms with van der Waals surface area (Å²) in [5.74, 6) is -1.84. The van der Waals surface area contributed by atoms with E-state index in [1.54, 1.807) is 6.92 Å². The van der Waals surface area contributed by atoms with Crippen molar-refractivity contribution in [1.29, 1.82) is 0 Å². The first-order chi connectivity index (χ1) is 5.13. The van der Waals surface area contributed by atoms with E-state index in [1.807, 2.05) is 0 Å². The third kappa shape index (κ3) is 4.61. The van der Waals surface area contributed by atoms with Gasteiger partial charge in [-0.05, 0) is 6.92 Å². The SMILES string of the molecule is CCOC(=O)C(N)C(=O)C=O.[H-].[Na+]. The molecule has 5 nitrogen and oxygen atoms in total. The smallest absolute Gasteiger partial charge is 1.00 e. The molecule has 6 heteroatoms. The summed E-state index contributed by atoms with van der Waals surface area (Å²) in [4.78, 5) is 30.9. The molecule has 0 bridgehead atoms. The molecule has 2 N–H and O–H groups in total. The fraction of sp³-hybridized carbons (Fsp3) is 0.500. The van der Waals surface area contributed by atoms with E-state index < -0.39 is 17.8 Å². The molecular weight excluding hydrogens is 173 g/mol. The van der Waals surface area contributed by atoms with Crippen molar-refractivity contribution in [3.63, 3.8) is 0 Å². The number of carbonyl (C=O) groups excluding carboxylic acids is 3. The Morgan fingerprint density at radius 3 is 2.50 bits per heavy atom. The minimum atomic E-state index is -1.47. The van der Waals surface area contributed by atoms with E-state index in [0.29, 0.717) is 0 Å². The summed E-state index contributed by atoms with van der Waals surface area (Å²) < 4.78 is 4.38. The average Bonchev–Trinajstić information content (AvgIpc) is 2.02. The number of hydrogen-bond donors (Lipinski definition) is 1. The summed E-state index contributed by atoms with van der Waals surface area (Å²) in [5, 5.41) is 0. The first kappa shape index (κ1) is 14.3. The van der Waals surface area contributed by atoms with Crippen LogP contribution in [0.5, 0.6) is 0 Å². The molecule has 0 aliphatic carbocycles. The Labute approximate surface area is 93.4 Å². The molecule has 0 saturated carbocycles. The molecule has 64 valence electrons. The summed E-state index contributed by atoms with van der Waals surface area (Å²) in [6, 6.07) is -1.47. The van der Waals surface area contributed by atoms with Crippen molar-refractivity contribution in [2.45, 2.75) is 13.0 Å². The maximum Gasteiger partial charge on any atom is 1.00 e. The maximum atomic E-state index is 10.6. The molecule has 0 spiro atoms. The molecule has 0 radical (unpaired) electrons. The van der Waals surface area contributed by atoms with E-state index in [2.05, 4.69) is 4.74 Å². The topological polar surface area (TPSA) is 86.5 Å². The van der Waals surface area contributed by atoms with Crippen LogP contribution in [-0.2, 0) is 19.1 Å². The van der Waals surface area contributed by atoms with Crippen molar-refractivity contribution in [2.24, 2.45) is 5.73 Å². The molecule has 0 fully saturated rings. The average molecular weight is 183 g/mol. The largest absolute Gasteiger partial charge is 1.00 e. The molecule has 0 aromatic rings. The van der Waals surface area contributed by atoms with Crippen molar-refractivity contribution < 1.29 is 50.1 Å². The number of aldehydes is 1. The summed E-state index contributed by atoms with van der Waals surface area (Å²) in [6.45, 7) is 1.72. The van der Waals surface area contributed by atoms with Crippen LogP contribution >= 0.6 is 0 Å². The molecule has 0 aliphatic rings. The van der Waals surface area contributed by atoms with E-state index in [0.717, 1.165) is 0 Å². The van der Waals surface area contributed by atoms with Gasteiger partial charge in [0.25, 0.3) is 0 Å². The third-order valence-electron chi connectivity index (χ3n) is 0.963. The van der Waals surface area contributed by atoms with Crippen molar-refractivity contribution in [1.82, 2.24) is 0 Å². The fourth-order valence-corrected chi connectivity index (χ4v) is 0.421. The van der Waals surface area contributed by atoms with Gasteiger partial charge in [-0.2, -0.15) is 0 Å². The van der Waals surface area contributed by atoms with Crippen molar-refractivity contribution >= 4 is 18.0 Å². The van der Waals surface area contributed by atoms with E-state index in [4.69, 9.17) is 5.73 Å². The quantitative estimate of drug-likeness (QED) is 0.157. The summed E-state index contributed by atoms with van der Waals surface area (Å²) in [7, 11) is 0. The van der Waals surface area contributed by atoms with E-state index in [-0.39, 0.29) is 43.9 Å². The Hall–Kier alpha value is -0.230. The Bertz CT molecular complexity index is 187. The Kier molecular flexibility index (Phi) is 8.84. The Morgan fingerprint density at radius 1 is 1.67 bits per heavy atom. The fourth-order valence-electron chi connectivity index (χ4n) is 0.421. The number of Topliss-reactive ketones (excluding diaryl/α,β-unsaturated/α-hetero) is 1. The second-order valence-corrected chi connectivity index (χ2v) is 1.75. The van der Waals surface area contributed by atoms with Crippen molar-refractivity contribution in [3.8, 4) is 0 Å². The van der Waals surface area contributed by atoms with Crippen LogP contribution in [0.2, 0.25) is 0 Å². The zero-order chi connectivity index (χ0) is 8.85. The van der Waals surface area contributed by atoms with Gasteiger partial charge in [-0.15, -0.1) is 0 Å². The molecule has 1 atom stereocenters. The number of ether oxygens (including phenoxy) is 1. The molecular formula is C6H10NNaO4. The second kappa shape index (κ2) is 7.42. The van der Waals surface area contributed by atoms with Gasteiger partial charge < -0.3 is 11.9 Å². The predicted molar refractivity (Wildman–Crippen MR) is 36.8 cm³/mol. The number of hydrogen-bond acceptors (Lipinski definition) is 5.